The van der Waals surface area contributed by atoms with Gasteiger partial charge in [0, 0.05) is 0 Å². The van der Waals surface area contributed by atoms with E-state index in [0.717, 1.165) is 0 Å². The maximum absolute atomic E-state index is 2.72. The van der Waals surface area contributed by atoms with Gasteiger partial charge in [0.1, 0.15) is 0 Å². The zero-order valence-corrected chi connectivity index (χ0v) is 48.7. The Balaban J connectivity index is 2.81. The monoisotopic (exact) mass is 961 g/mol. The Bertz CT molecular complexity index is 1780. The van der Waals surface area contributed by atoms with Crippen LogP contribution in [-0.2, 0) is 0 Å². The Kier molecular flexibility index (Phi) is 18.2. The van der Waals surface area contributed by atoms with E-state index in [9.17, 15) is 0 Å². The van der Waals surface area contributed by atoms with Crippen LogP contribution in [0.5, 0.6) is 0 Å². The number of benzene rings is 4. The summed E-state index contributed by atoms with van der Waals surface area (Å²) in [5.74, 6) is 5.35. The molecule has 0 heterocycles. The van der Waals surface area contributed by atoms with Crippen LogP contribution < -0.4 is 17.6 Å². The Labute approximate surface area is 391 Å². The second kappa shape index (κ2) is 21.5. The third kappa shape index (κ3) is 11.1. The number of rotatable bonds is 16. The van der Waals surface area contributed by atoms with E-state index >= 15 is 0 Å². The van der Waals surface area contributed by atoms with Crippen LogP contribution in [-0.4, -0.2) is 23.7 Å². The van der Waals surface area contributed by atoms with Crippen molar-refractivity contribution in [2.45, 2.75) is 237 Å². The van der Waals surface area contributed by atoms with Gasteiger partial charge in [0.15, 0.2) is 0 Å². The van der Waals surface area contributed by atoms with Crippen molar-refractivity contribution < 1.29 is 0 Å². The van der Waals surface area contributed by atoms with E-state index in [4.69, 9.17) is 0 Å². The number of hydrogen-bond acceptors (Lipinski definition) is 0. The van der Waals surface area contributed by atoms with Gasteiger partial charge < -0.3 is 0 Å². The van der Waals surface area contributed by atoms with Crippen LogP contribution in [0.25, 0.3) is 0 Å². The molecule has 0 aliphatic rings. The molecule has 0 radical (unpaired) electrons. The summed E-state index contributed by atoms with van der Waals surface area (Å²) in [5, 5.41) is 0. The molecule has 0 N–H and O–H groups in total. The summed E-state index contributed by atoms with van der Waals surface area (Å²) in [7, 11) is 0. The minimum atomic E-state index is -2.68. The van der Waals surface area contributed by atoms with Crippen molar-refractivity contribution in [3.8, 4) is 0 Å². The molecule has 0 unspecified atom stereocenters. The van der Waals surface area contributed by atoms with Gasteiger partial charge in [0.25, 0.3) is 0 Å². The molecule has 0 atom stereocenters. The molecular formula is C60H92Ge2. The third-order valence-electron chi connectivity index (χ3n) is 13.8. The van der Waals surface area contributed by atoms with E-state index in [1.807, 2.05) is 17.6 Å². The Hall–Kier alpha value is -2.03. The summed E-state index contributed by atoms with van der Waals surface area (Å²) in [6.07, 6.45) is 0. The van der Waals surface area contributed by atoms with Gasteiger partial charge in [-0.25, -0.2) is 0 Å². The van der Waals surface area contributed by atoms with E-state index in [0.29, 0.717) is 71.0 Å². The van der Waals surface area contributed by atoms with Crippen LogP contribution in [0.3, 0.4) is 0 Å². The van der Waals surface area contributed by atoms with Gasteiger partial charge in [0.2, 0.25) is 0 Å². The van der Waals surface area contributed by atoms with E-state index in [1.165, 1.54) is 22.3 Å². The van der Waals surface area contributed by atoms with Crippen molar-refractivity contribution in [1.29, 1.82) is 0 Å². The first-order valence-electron chi connectivity index (χ1n) is 25.2. The first-order valence-corrected chi connectivity index (χ1v) is 35.9. The van der Waals surface area contributed by atoms with Crippen molar-refractivity contribution in [2.75, 3.05) is 0 Å². The molecule has 2 heteroatoms. The topological polar surface area (TPSA) is 0 Å². The molecule has 4 aromatic rings. The SMILES string of the molecule is CC(C)c1cc(C(C)C)[c]([Ge]([c]2c(C(C)C)cc(C(C)C)cc2C(C)C)=[Ge]([c]2c(C(C)C)cc(C(C)C)cc2C(C)C)[c]2c(C(C)C)cc(C(C)C)cc2C(C)C)c(C(C)C)c1. The fourth-order valence-electron chi connectivity index (χ4n) is 9.73. The summed E-state index contributed by atoms with van der Waals surface area (Å²) < 4.78 is 7.35. The zero-order valence-electron chi connectivity index (χ0n) is 44.5. The van der Waals surface area contributed by atoms with Gasteiger partial charge in [-0.05, 0) is 0 Å². The van der Waals surface area contributed by atoms with Gasteiger partial charge in [-0.3, -0.25) is 0 Å². The zero-order chi connectivity index (χ0) is 47.0. The van der Waals surface area contributed by atoms with E-state index in [-0.39, 0.29) is 0 Å². The quantitative estimate of drug-likeness (QED) is 0.0982. The molecule has 0 bridgehead atoms. The summed E-state index contributed by atoms with van der Waals surface area (Å²) in [4.78, 5) is 0. The van der Waals surface area contributed by atoms with Crippen molar-refractivity contribution in [1.82, 2.24) is 0 Å². The second-order valence-corrected chi connectivity index (χ2v) is 41.1. The van der Waals surface area contributed by atoms with Crippen molar-refractivity contribution in [2.24, 2.45) is 0 Å². The Morgan fingerprint density at radius 1 is 0.194 bits per heavy atom. The van der Waals surface area contributed by atoms with Crippen LogP contribution in [0.4, 0.5) is 0 Å². The molecule has 0 aliphatic carbocycles. The van der Waals surface area contributed by atoms with Crippen molar-refractivity contribution >= 4 is 41.3 Å². The van der Waals surface area contributed by atoms with E-state index in [1.54, 1.807) is 44.5 Å². The third-order valence-corrected chi connectivity index (χ3v) is 40.2. The average molecular weight is 959 g/mol. The maximum atomic E-state index is 2.72. The predicted octanol–water partition coefficient (Wildman–Crippen LogP) is 16.2. The fraction of sp³-hybridized carbons (Fsp3) is 0.600. The standard InChI is InChI=1S/C60H92Ge2/c1-33(2)45-25-49(37(9)10)57(50(26-45)38(11)12)61(58-51(39(13)14)27-46(34(3)4)28-52(58)40(15)16)62(59-53(41(17)18)29-47(35(5)6)30-54(59)42(19)20)60-55(43(21)22)31-48(36(7)8)32-56(60)44(23)24/h25-44H,1-24H3. The summed E-state index contributed by atoms with van der Waals surface area (Å²) in [6.45, 7) is 59.6. The van der Waals surface area contributed by atoms with Gasteiger partial charge in [-0.2, -0.15) is 0 Å². The van der Waals surface area contributed by atoms with Gasteiger partial charge in [-0.1, -0.05) is 0 Å². The summed E-state index contributed by atoms with van der Waals surface area (Å²) >= 11 is -5.37. The molecule has 340 valence electrons. The van der Waals surface area contributed by atoms with E-state index in [2.05, 4.69) is 215 Å². The van der Waals surface area contributed by atoms with Gasteiger partial charge >= 0.3 is 394 Å². The molecule has 0 saturated carbocycles. The molecule has 0 saturated heterocycles. The molecule has 0 nitrogen and oxygen atoms in total. The van der Waals surface area contributed by atoms with Gasteiger partial charge in [-0.15, -0.1) is 0 Å². The molecule has 0 amide bonds. The molecule has 4 rings (SSSR count). The number of hydrogen-bond donors (Lipinski definition) is 0. The molecule has 4 aromatic carbocycles. The van der Waals surface area contributed by atoms with Crippen LogP contribution in [0.15, 0.2) is 48.5 Å². The summed E-state index contributed by atoms with van der Waals surface area (Å²) in [5.41, 5.74) is 19.3. The summed E-state index contributed by atoms with van der Waals surface area (Å²) in [6, 6.07) is 21.7. The second-order valence-electron chi connectivity index (χ2n) is 22.9. The minimum absolute atomic E-state index is 0.429. The predicted molar refractivity (Wildman–Crippen MR) is 285 cm³/mol. The van der Waals surface area contributed by atoms with Gasteiger partial charge in [0.05, 0.1) is 0 Å². The molecule has 0 aromatic heterocycles. The fourth-order valence-corrected chi connectivity index (χ4v) is 47.3. The molecular weight excluding hydrogens is 866 g/mol. The van der Waals surface area contributed by atoms with Crippen molar-refractivity contribution in [3.05, 3.63) is 115 Å². The average Bonchev–Trinajstić information content (AvgIpc) is 3.17. The normalized spacial score (nSPS) is 12.6. The Morgan fingerprint density at radius 2 is 0.306 bits per heavy atom. The first kappa shape index (κ1) is 52.6. The van der Waals surface area contributed by atoms with Crippen LogP contribution in [0, 0.1) is 0 Å². The van der Waals surface area contributed by atoms with Crippen molar-refractivity contribution in [3.63, 3.8) is 0 Å². The molecule has 62 heavy (non-hydrogen) atoms. The van der Waals surface area contributed by atoms with Crippen LogP contribution >= 0.6 is 0 Å². The Morgan fingerprint density at radius 3 is 0.387 bits per heavy atom. The van der Waals surface area contributed by atoms with Crippen LogP contribution in [0.2, 0.25) is 0 Å². The van der Waals surface area contributed by atoms with Crippen LogP contribution in [0.1, 0.15) is 304 Å². The van der Waals surface area contributed by atoms with E-state index < -0.39 is 23.7 Å². The molecule has 0 spiro atoms. The first-order chi connectivity index (χ1) is 28.7. The molecule has 0 fully saturated rings. The molecule has 0 aliphatic heterocycles.